The van der Waals surface area contributed by atoms with E-state index in [1.807, 2.05) is 6.92 Å². The second-order valence-electron chi connectivity index (χ2n) is 6.36. The first-order valence-corrected chi connectivity index (χ1v) is 8.59. The highest BCUT2D eigenvalue weighted by Gasteiger charge is 2.43. The van der Waals surface area contributed by atoms with Crippen molar-refractivity contribution in [3.05, 3.63) is 58.6 Å². The Hall–Kier alpha value is -3.06. The molecule has 0 aliphatic carbocycles. The van der Waals surface area contributed by atoms with Gasteiger partial charge in [0, 0.05) is 10.7 Å². The maximum absolute atomic E-state index is 12.2. The number of halogens is 1. The topological polar surface area (TPSA) is 96.5 Å². The Bertz CT molecular complexity index is 931. The van der Waals surface area contributed by atoms with E-state index in [1.165, 1.54) is 0 Å². The van der Waals surface area contributed by atoms with Crippen LogP contribution in [0, 0.1) is 6.92 Å². The summed E-state index contributed by atoms with van der Waals surface area (Å²) in [5.41, 5.74) is 0.685. The highest BCUT2D eigenvalue weighted by atomic mass is 35.5. The highest BCUT2D eigenvalue weighted by molar-refractivity contribution is 6.30. The van der Waals surface area contributed by atoms with Crippen LogP contribution in [0.5, 0.6) is 5.75 Å². The van der Waals surface area contributed by atoms with Crippen LogP contribution in [0.4, 0.5) is 10.5 Å². The minimum Gasteiger partial charge on any atom is -0.483 e. The number of rotatable bonds is 5. The van der Waals surface area contributed by atoms with Gasteiger partial charge >= 0.3 is 6.03 Å². The van der Waals surface area contributed by atoms with E-state index in [9.17, 15) is 14.4 Å². The quantitative estimate of drug-likeness (QED) is 0.687. The fraction of sp³-hybridized carbons (Fsp3) is 0.211. The maximum atomic E-state index is 12.2. The molecule has 1 saturated heterocycles. The largest absolute Gasteiger partial charge is 0.483 e. The van der Waals surface area contributed by atoms with Gasteiger partial charge in [-0.15, -0.1) is 0 Å². The van der Waals surface area contributed by atoms with E-state index in [1.54, 1.807) is 49.4 Å². The Balaban J connectivity index is 1.66. The Morgan fingerprint density at radius 2 is 2.00 bits per heavy atom. The number of hydrogen-bond acceptors (Lipinski definition) is 4. The fourth-order valence-electron chi connectivity index (χ4n) is 2.77. The molecule has 1 atom stereocenters. The molecule has 3 rings (SSSR count). The van der Waals surface area contributed by atoms with Crippen LogP contribution in [0.25, 0.3) is 0 Å². The first-order valence-electron chi connectivity index (χ1n) is 8.21. The molecule has 0 saturated carbocycles. The van der Waals surface area contributed by atoms with Gasteiger partial charge in [0.15, 0.2) is 6.61 Å². The summed E-state index contributed by atoms with van der Waals surface area (Å²) in [5.74, 6) is -0.231. The molecule has 0 bridgehead atoms. The number of anilines is 1. The molecule has 2 aromatic rings. The molecule has 8 heteroatoms. The lowest BCUT2D eigenvalue weighted by Crippen LogP contribution is -2.40. The van der Waals surface area contributed by atoms with Crippen molar-refractivity contribution in [3.8, 4) is 5.75 Å². The smallest absolute Gasteiger partial charge is 0.322 e. The number of hydrogen-bond donors (Lipinski definition) is 3. The van der Waals surface area contributed by atoms with Gasteiger partial charge < -0.3 is 15.4 Å². The summed E-state index contributed by atoms with van der Waals surface area (Å²) < 4.78 is 5.51. The molecule has 4 amide bonds. The highest BCUT2D eigenvalue weighted by Crippen LogP contribution is 2.26. The van der Waals surface area contributed by atoms with Gasteiger partial charge in [-0.05, 0) is 55.3 Å². The van der Waals surface area contributed by atoms with Crippen LogP contribution in [0.2, 0.25) is 5.02 Å². The number of carbonyl (C=O) groups excluding carboxylic acids is 3. The summed E-state index contributed by atoms with van der Waals surface area (Å²) >= 11 is 5.90. The van der Waals surface area contributed by atoms with Crippen molar-refractivity contribution in [1.29, 1.82) is 0 Å². The predicted molar refractivity (Wildman–Crippen MR) is 101 cm³/mol. The zero-order valence-electron chi connectivity index (χ0n) is 14.8. The number of ether oxygens (including phenoxy) is 1. The Morgan fingerprint density at radius 3 is 2.67 bits per heavy atom. The van der Waals surface area contributed by atoms with Crippen LogP contribution >= 0.6 is 11.6 Å². The molecule has 27 heavy (non-hydrogen) atoms. The van der Waals surface area contributed by atoms with Gasteiger partial charge in [-0.3, -0.25) is 14.9 Å². The molecule has 0 spiro atoms. The molecule has 1 aliphatic heterocycles. The number of nitrogens with one attached hydrogen (secondary N) is 3. The molecule has 1 heterocycles. The van der Waals surface area contributed by atoms with Gasteiger partial charge in [0.2, 0.25) is 0 Å². The lowest BCUT2D eigenvalue weighted by Gasteiger charge is -2.21. The third kappa shape index (κ3) is 4.03. The minimum atomic E-state index is -1.19. The zero-order valence-corrected chi connectivity index (χ0v) is 15.5. The van der Waals surface area contributed by atoms with Crippen molar-refractivity contribution in [3.63, 3.8) is 0 Å². The van der Waals surface area contributed by atoms with E-state index in [0.29, 0.717) is 22.0 Å². The molecule has 0 radical (unpaired) electrons. The lowest BCUT2D eigenvalue weighted by atomic mass is 9.92. The molecule has 1 aliphatic rings. The van der Waals surface area contributed by atoms with Gasteiger partial charge in [-0.2, -0.15) is 0 Å². The van der Waals surface area contributed by atoms with Crippen LogP contribution < -0.4 is 20.7 Å². The summed E-state index contributed by atoms with van der Waals surface area (Å²) in [5, 5.41) is 8.11. The molecule has 0 aromatic heterocycles. The molecule has 140 valence electrons. The number of imide groups is 1. The molecule has 0 unspecified atom stereocenters. The van der Waals surface area contributed by atoms with Crippen molar-refractivity contribution in [2.45, 2.75) is 19.4 Å². The number of carbonyl (C=O) groups is 3. The van der Waals surface area contributed by atoms with E-state index >= 15 is 0 Å². The standard InChI is InChI=1S/C19H18ClN3O4/c1-11-8-13(20)6-7-15(11)27-10-16(24)21-14-5-3-4-12(9-14)19(2)17(25)22-18(26)23-19/h3-9H,10H2,1-2H3,(H,21,24)(H2,22,23,25,26)/t19-/m0/s1. The number of amides is 4. The number of benzene rings is 2. The summed E-state index contributed by atoms with van der Waals surface area (Å²) in [6.45, 7) is 3.26. The summed E-state index contributed by atoms with van der Waals surface area (Å²) in [6.07, 6.45) is 0. The second kappa shape index (κ2) is 7.28. The van der Waals surface area contributed by atoms with Crippen molar-refractivity contribution in [2.75, 3.05) is 11.9 Å². The maximum Gasteiger partial charge on any atom is 0.322 e. The average Bonchev–Trinajstić information content (AvgIpc) is 2.87. The van der Waals surface area contributed by atoms with Crippen molar-refractivity contribution in [1.82, 2.24) is 10.6 Å². The number of urea groups is 1. The average molecular weight is 388 g/mol. The zero-order chi connectivity index (χ0) is 19.6. The van der Waals surface area contributed by atoms with E-state index in [-0.39, 0.29) is 12.5 Å². The lowest BCUT2D eigenvalue weighted by molar-refractivity contribution is -0.123. The Kier molecular flexibility index (Phi) is 5.05. The van der Waals surface area contributed by atoms with Gasteiger partial charge in [-0.25, -0.2) is 4.79 Å². The van der Waals surface area contributed by atoms with Crippen LogP contribution in [-0.4, -0.2) is 24.5 Å². The van der Waals surface area contributed by atoms with E-state index in [2.05, 4.69) is 16.0 Å². The van der Waals surface area contributed by atoms with Crippen LogP contribution in [0.1, 0.15) is 18.1 Å². The molecular formula is C19H18ClN3O4. The van der Waals surface area contributed by atoms with E-state index < -0.39 is 17.5 Å². The molecule has 3 N–H and O–H groups in total. The summed E-state index contributed by atoms with van der Waals surface area (Å²) in [6, 6.07) is 11.3. The van der Waals surface area contributed by atoms with Crippen molar-refractivity contribution >= 4 is 35.1 Å². The fourth-order valence-corrected chi connectivity index (χ4v) is 3.00. The normalized spacial score (nSPS) is 18.6. The monoisotopic (exact) mass is 387 g/mol. The van der Waals surface area contributed by atoms with E-state index in [4.69, 9.17) is 16.3 Å². The van der Waals surface area contributed by atoms with Crippen molar-refractivity contribution in [2.24, 2.45) is 0 Å². The predicted octanol–water partition coefficient (Wildman–Crippen LogP) is 2.72. The number of aryl methyl sites for hydroxylation is 1. The molecule has 2 aromatic carbocycles. The molecule has 7 nitrogen and oxygen atoms in total. The van der Waals surface area contributed by atoms with Crippen molar-refractivity contribution < 1.29 is 19.1 Å². The summed E-state index contributed by atoms with van der Waals surface area (Å²) in [7, 11) is 0. The first-order chi connectivity index (χ1) is 12.8. The van der Waals surface area contributed by atoms with Gasteiger partial charge in [-0.1, -0.05) is 23.7 Å². The SMILES string of the molecule is Cc1cc(Cl)ccc1OCC(=O)Nc1cccc([C@]2(C)NC(=O)NC2=O)c1. The van der Waals surface area contributed by atoms with Crippen LogP contribution in [-0.2, 0) is 15.1 Å². The van der Waals surface area contributed by atoms with Gasteiger partial charge in [0.1, 0.15) is 11.3 Å². The third-order valence-electron chi connectivity index (χ3n) is 4.26. The minimum absolute atomic E-state index is 0.179. The summed E-state index contributed by atoms with van der Waals surface area (Å²) in [4.78, 5) is 35.7. The van der Waals surface area contributed by atoms with Crippen LogP contribution in [0.15, 0.2) is 42.5 Å². The van der Waals surface area contributed by atoms with Crippen LogP contribution in [0.3, 0.4) is 0 Å². The molecule has 1 fully saturated rings. The third-order valence-corrected chi connectivity index (χ3v) is 4.50. The van der Waals surface area contributed by atoms with E-state index in [0.717, 1.165) is 5.56 Å². The first kappa shape index (κ1) is 18.7. The van der Waals surface area contributed by atoms with Gasteiger partial charge in [0.25, 0.3) is 11.8 Å². The Morgan fingerprint density at radius 1 is 1.22 bits per heavy atom. The Labute approximate surface area is 161 Å². The second-order valence-corrected chi connectivity index (χ2v) is 6.80. The molecular weight excluding hydrogens is 370 g/mol. The van der Waals surface area contributed by atoms with Gasteiger partial charge in [0.05, 0.1) is 0 Å².